The molecule has 132 valence electrons. The van der Waals surface area contributed by atoms with E-state index in [1.165, 1.54) is 0 Å². The third-order valence-corrected chi connectivity index (χ3v) is 3.96. The number of carbonyl (C=O) groups excluding carboxylic acids is 2. The Labute approximate surface area is 148 Å². The third-order valence-electron chi connectivity index (χ3n) is 3.96. The van der Waals surface area contributed by atoms with Crippen LogP contribution in [0.1, 0.15) is 15.9 Å². The van der Waals surface area contributed by atoms with Crippen molar-refractivity contribution in [3.05, 3.63) is 76.1 Å². The molecular formula is C19H17N3O4. The number of aromatic hydroxyl groups is 1. The van der Waals surface area contributed by atoms with Gasteiger partial charge in [0.15, 0.2) is 0 Å². The summed E-state index contributed by atoms with van der Waals surface area (Å²) < 4.78 is 0. The molecule has 0 aliphatic heterocycles. The summed E-state index contributed by atoms with van der Waals surface area (Å²) in [5.41, 5.74) is 5.28. The Hall–Kier alpha value is -3.61. The number of hydrogen-bond donors (Lipinski definition) is 3. The predicted octanol–water partition coefficient (Wildman–Crippen LogP) is 1.36. The number of para-hydroxylation sites is 1. The monoisotopic (exact) mass is 351 g/mol. The lowest BCUT2D eigenvalue weighted by Crippen LogP contribution is -2.40. The van der Waals surface area contributed by atoms with E-state index in [4.69, 9.17) is 5.73 Å². The van der Waals surface area contributed by atoms with Crippen LogP contribution in [0.4, 0.5) is 0 Å². The van der Waals surface area contributed by atoms with Crippen LogP contribution in [0.25, 0.3) is 10.9 Å². The van der Waals surface area contributed by atoms with Crippen LogP contribution in [0, 0.1) is 0 Å². The van der Waals surface area contributed by atoms with E-state index in [9.17, 15) is 19.5 Å². The Bertz CT molecular complexity index is 1030. The fourth-order valence-electron chi connectivity index (χ4n) is 2.77. The smallest absolute Gasteiger partial charge is 0.265 e. The van der Waals surface area contributed by atoms with E-state index >= 15 is 0 Å². The summed E-state index contributed by atoms with van der Waals surface area (Å²) in [6, 6.07) is 15.6. The molecule has 26 heavy (non-hydrogen) atoms. The van der Waals surface area contributed by atoms with Crippen LogP contribution in [-0.2, 0) is 11.3 Å². The lowest BCUT2D eigenvalue weighted by atomic mass is 10.1. The van der Waals surface area contributed by atoms with E-state index < -0.39 is 28.7 Å². The fourth-order valence-corrected chi connectivity index (χ4v) is 2.77. The highest BCUT2D eigenvalue weighted by atomic mass is 16.3. The molecule has 3 aromatic rings. The van der Waals surface area contributed by atoms with Gasteiger partial charge in [-0.2, -0.15) is 0 Å². The number of nitrogens with two attached hydrogens (primary N) is 1. The molecule has 0 fully saturated rings. The molecule has 2 aromatic carbocycles. The Morgan fingerprint density at radius 3 is 2.38 bits per heavy atom. The van der Waals surface area contributed by atoms with Crippen molar-refractivity contribution < 1.29 is 14.7 Å². The van der Waals surface area contributed by atoms with Crippen molar-refractivity contribution in [1.82, 2.24) is 9.88 Å². The average Bonchev–Trinajstić information content (AvgIpc) is 2.61. The number of aromatic amines is 1. The SMILES string of the molecule is NC(=O)CN(Cc1ccccc1)C(=O)c1c(O)c2ccccc2[nH]c1=O. The van der Waals surface area contributed by atoms with Crippen molar-refractivity contribution in [1.29, 1.82) is 0 Å². The molecule has 3 rings (SSSR count). The van der Waals surface area contributed by atoms with Crippen molar-refractivity contribution in [3.8, 4) is 5.75 Å². The van der Waals surface area contributed by atoms with Gasteiger partial charge in [0.1, 0.15) is 11.3 Å². The van der Waals surface area contributed by atoms with Gasteiger partial charge in [-0.1, -0.05) is 42.5 Å². The van der Waals surface area contributed by atoms with Gasteiger partial charge in [0.25, 0.3) is 11.5 Å². The first kappa shape index (κ1) is 17.2. The summed E-state index contributed by atoms with van der Waals surface area (Å²) in [6.45, 7) is -0.298. The second-order valence-corrected chi connectivity index (χ2v) is 5.84. The number of nitrogens with one attached hydrogen (secondary N) is 1. The van der Waals surface area contributed by atoms with E-state index in [0.717, 1.165) is 10.5 Å². The fraction of sp³-hybridized carbons (Fsp3) is 0.105. The maximum atomic E-state index is 12.9. The lowest BCUT2D eigenvalue weighted by Gasteiger charge is -2.21. The molecule has 7 nitrogen and oxygen atoms in total. The number of fused-ring (bicyclic) bond motifs is 1. The molecule has 0 radical (unpaired) electrons. The Morgan fingerprint density at radius 2 is 1.69 bits per heavy atom. The number of nitrogens with zero attached hydrogens (tertiary/aromatic N) is 1. The topological polar surface area (TPSA) is 116 Å². The van der Waals surface area contributed by atoms with Gasteiger partial charge in [-0.15, -0.1) is 0 Å². The molecule has 7 heteroatoms. The third kappa shape index (κ3) is 3.41. The van der Waals surface area contributed by atoms with Gasteiger partial charge in [0, 0.05) is 11.9 Å². The minimum atomic E-state index is -0.767. The summed E-state index contributed by atoms with van der Waals surface area (Å²) in [5.74, 6) is -1.90. The number of benzene rings is 2. The standard InChI is InChI=1S/C19H17N3O4/c20-15(23)11-22(10-12-6-2-1-3-7-12)19(26)16-17(24)13-8-4-5-9-14(13)21-18(16)25/h1-9H,10-11H2,(H2,20,23)(H2,21,24,25). The first-order chi connectivity index (χ1) is 12.5. The number of primary amides is 1. The van der Waals surface area contributed by atoms with Crippen LogP contribution >= 0.6 is 0 Å². The maximum Gasteiger partial charge on any atom is 0.265 e. The molecule has 0 unspecified atom stereocenters. The van der Waals surface area contributed by atoms with Crippen molar-refractivity contribution >= 4 is 22.7 Å². The van der Waals surface area contributed by atoms with E-state index in [1.54, 1.807) is 48.5 Å². The van der Waals surface area contributed by atoms with Crippen molar-refractivity contribution in [2.75, 3.05) is 6.54 Å². The molecular weight excluding hydrogens is 334 g/mol. The zero-order valence-electron chi connectivity index (χ0n) is 13.8. The first-order valence-electron chi connectivity index (χ1n) is 7.93. The summed E-state index contributed by atoms with van der Waals surface area (Å²) in [5, 5.41) is 10.8. The van der Waals surface area contributed by atoms with Gasteiger partial charge >= 0.3 is 0 Å². The van der Waals surface area contributed by atoms with Gasteiger partial charge < -0.3 is 20.7 Å². The Balaban J connectivity index is 2.05. The molecule has 0 saturated heterocycles. The first-order valence-corrected chi connectivity index (χ1v) is 7.93. The number of aromatic nitrogens is 1. The highest BCUT2D eigenvalue weighted by Gasteiger charge is 2.25. The van der Waals surface area contributed by atoms with Crippen molar-refractivity contribution in [2.24, 2.45) is 5.73 Å². The average molecular weight is 351 g/mol. The van der Waals surface area contributed by atoms with Gasteiger partial charge in [-0.05, 0) is 17.7 Å². The van der Waals surface area contributed by atoms with Crippen LogP contribution < -0.4 is 11.3 Å². The quantitative estimate of drug-likeness (QED) is 0.643. The molecule has 0 saturated carbocycles. The summed E-state index contributed by atoms with van der Waals surface area (Å²) in [4.78, 5) is 40.4. The number of pyridine rings is 1. The number of amides is 2. The van der Waals surface area contributed by atoms with Crippen molar-refractivity contribution in [3.63, 3.8) is 0 Å². The molecule has 0 spiro atoms. The van der Waals surface area contributed by atoms with Gasteiger partial charge in [-0.25, -0.2) is 0 Å². The van der Waals surface area contributed by atoms with E-state index in [0.29, 0.717) is 10.9 Å². The normalized spacial score (nSPS) is 10.6. The molecule has 0 aliphatic rings. The van der Waals surface area contributed by atoms with Crippen LogP contribution in [0.5, 0.6) is 5.75 Å². The molecule has 1 heterocycles. The Morgan fingerprint density at radius 1 is 1.04 bits per heavy atom. The van der Waals surface area contributed by atoms with Crippen LogP contribution in [0.3, 0.4) is 0 Å². The summed E-state index contributed by atoms with van der Waals surface area (Å²) in [7, 11) is 0. The predicted molar refractivity (Wildman–Crippen MR) is 96.6 cm³/mol. The zero-order valence-corrected chi connectivity index (χ0v) is 13.8. The largest absolute Gasteiger partial charge is 0.506 e. The molecule has 1 aromatic heterocycles. The molecule has 2 amide bonds. The summed E-state index contributed by atoms with van der Waals surface area (Å²) >= 11 is 0. The maximum absolute atomic E-state index is 12.9. The van der Waals surface area contributed by atoms with Gasteiger partial charge in [0.05, 0.1) is 12.1 Å². The number of hydrogen-bond acceptors (Lipinski definition) is 4. The Kier molecular flexibility index (Phi) is 4.70. The summed E-state index contributed by atoms with van der Waals surface area (Å²) in [6.07, 6.45) is 0. The minimum Gasteiger partial charge on any atom is -0.506 e. The van der Waals surface area contributed by atoms with Crippen molar-refractivity contribution in [2.45, 2.75) is 6.54 Å². The highest BCUT2D eigenvalue weighted by Crippen LogP contribution is 2.25. The minimum absolute atomic E-state index is 0.0777. The second kappa shape index (κ2) is 7.10. The number of H-pyrrole nitrogens is 1. The van der Waals surface area contributed by atoms with Crippen LogP contribution in [-0.4, -0.2) is 33.3 Å². The number of carbonyl (C=O) groups is 2. The molecule has 0 bridgehead atoms. The molecule has 0 atom stereocenters. The second-order valence-electron chi connectivity index (χ2n) is 5.84. The van der Waals surface area contributed by atoms with Gasteiger partial charge in [-0.3, -0.25) is 14.4 Å². The van der Waals surface area contributed by atoms with E-state index in [-0.39, 0.29) is 13.1 Å². The van der Waals surface area contributed by atoms with E-state index in [2.05, 4.69) is 4.98 Å². The lowest BCUT2D eigenvalue weighted by molar-refractivity contribution is -0.118. The highest BCUT2D eigenvalue weighted by molar-refractivity contribution is 6.03. The van der Waals surface area contributed by atoms with Crippen LogP contribution in [0.15, 0.2) is 59.4 Å². The number of rotatable bonds is 5. The molecule has 4 N–H and O–H groups in total. The molecule has 0 aliphatic carbocycles. The zero-order chi connectivity index (χ0) is 18.7. The van der Waals surface area contributed by atoms with Gasteiger partial charge in [0.2, 0.25) is 5.91 Å². The van der Waals surface area contributed by atoms with E-state index in [1.807, 2.05) is 6.07 Å². The van der Waals surface area contributed by atoms with Crippen LogP contribution in [0.2, 0.25) is 0 Å².